The fourth-order valence-corrected chi connectivity index (χ4v) is 3.42. The molecule has 0 saturated carbocycles. The topological polar surface area (TPSA) is 73.1 Å². The summed E-state index contributed by atoms with van der Waals surface area (Å²) >= 11 is 3.25. The van der Waals surface area contributed by atoms with E-state index < -0.39 is 9.84 Å². The largest absolute Gasteiger partial charge is 0.398 e. The quantitative estimate of drug-likeness (QED) is 0.879. The lowest BCUT2D eigenvalue weighted by Crippen LogP contribution is -2.08. The average Bonchev–Trinajstić information content (AvgIpc) is 2.29. The van der Waals surface area contributed by atoms with Gasteiger partial charge in [0.1, 0.15) is 0 Å². The molecule has 0 aliphatic rings. The summed E-state index contributed by atoms with van der Waals surface area (Å²) in [7, 11) is -3.45. The zero-order valence-corrected chi connectivity index (χ0v) is 11.8. The van der Waals surface area contributed by atoms with Crippen molar-refractivity contribution in [1.29, 1.82) is 0 Å². The van der Waals surface area contributed by atoms with Crippen molar-refractivity contribution in [1.82, 2.24) is 4.98 Å². The molecule has 94 valence electrons. The van der Waals surface area contributed by atoms with Crippen molar-refractivity contribution in [2.75, 3.05) is 5.73 Å². The molecule has 1 aromatic heterocycles. The van der Waals surface area contributed by atoms with E-state index >= 15 is 0 Å². The fraction of sp³-hybridized carbons (Fsp3) is 0.0833. The molecule has 6 heteroatoms. The van der Waals surface area contributed by atoms with E-state index in [-0.39, 0.29) is 16.3 Å². The molecule has 2 aromatic rings. The highest BCUT2D eigenvalue weighted by molar-refractivity contribution is 9.10. The predicted octanol–water partition coefficient (Wildman–Crippen LogP) is 2.40. The van der Waals surface area contributed by atoms with Crippen LogP contribution in [0.3, 0.4) is 0 Å². The van der Waals surface area contributed by atoms with Gasteiger partial charge in [0, 0.05) is 16.9 Å². The van der Waals surface area contributed by atoms with Crippen LogP contribution >= 0.6 is 15.9 Å². The van der Waals surface area contributed by atoms with Gasteiger partial charge < -0.3 is 5.73 Å². The molecule has 0 saturated heterocycles. The van der Waals surface area contributed by atoms with Crippen molar-refractivity contribution in [3.8, 4) is 0 Å². The Kier molecular flexibility index (Phi) is 3.68. The van der Waals surface area contributed by atoms with Gasteiger partial charge in [0.2, 0.25) is 0 Å². The van der Waals surface area contributed by atoms with Gasteiger partial charge in [-0.1, -0.05) is 22.0 Å². The Bertz CT molecular complexity index is 657. The minimum Gasteiger partial charge on any atom is -0.398 e. The predicted molar refractivity (Wildman–Crippen MR) is 73.7 cm³/mol. The Labute approximate surface area is 114 Å². The van der Waals surface area contributed by atoms with E-state index in [1.165, 1.54) is 12.3 Å². The standard InChI is InChI=1S/C12H11BrN2O2S/c13-10-3-4-12(11(14)6-10)18(16,17)8-9-2-1-5-15-7-9/h1-7H,8,14H2. The number of hydrogen-bond donors (Lipinski definition) is 1. The van der Waals surface area contributed by atoms with E-state index in [1.807, 2.05) is 0 Å². The zero-order chi connectivity index (χ0) is 13.2. The molecule has 0 fully saturated rings. The monoisotopic (exact) mass is 326 g/mol. The van der Waals surface area contributed by atoms with Crippen LogP contribution in [-0.2, 0) is 15.6 Å². The number of rotatable bonds is 3. The van der Waals surface area contributed by atoms with Crippen LogP contribution in [0.1, 0.15) is 5.56 Å². The smallest absolute Gasteiger partial charge is 0.184 e. The van der Waals surface area contributed by atoms with Crippen molar-refractivity contribution in [3.63, 3.8) is 0 Å². The Morgan fingerprint density at radius 1 is 1.28 bits per heavy atom. The first-order valence-corrected chi connectivity index (χ1v) is 7.60. The Hall–Kier alpha value is -1.40. The molecule has 1 heterocycles. The van der Waals surface area contributed by atoms with E-state index in [0.717, 1.165) is 4.47 Å². The summed E-state index contributed by atoms with van der Waals surface area (Å²) in [6.07, 6.45) is 3.14. The van der Waals surface area contributed by atoms with Crippen LogP contribution in [0.2, 0.25) is 0 Å². The molecule has 0 spiro atoms. The van der Waals surface area contributed by atoms with E-state index in [2.05, 4.69) is 20.9 Å². The molecule has 0 unspecified atom stereocenters. The number of benzene rings is 1. The second-order valence-electron chi connectivity index (χ2n) is 3.80. The summed E-state index contributed by atoms with van der Waals surface area (Å²) in [4.78, 5) is 4.04. The lowest BCUT2D eigenvalue weighted by molar-refractivity contribution is 0.595. The lowest BCUT2D eigenvalue weighted by Gasteiger charge is -2.07. The first kappa shape index (κ1) is 13.0. The highest BCUT2D eigenvalue weighted by Crippen LogP contribution is 2.25. The second-order valence-corrected chi connectivity index (χ2v) is 6.68. The Balaban J connectivity index is 2.37. The Morgan fingerprint density at radius 2 is 2.06 bits per heavy atom. The number of anilines is 1. The molecule has 0 aliphatic carbocycles. The van der Waals surface area contributed by atoms with Gasteiger partial charge in [0.15, 0.2) is 9.84 Å². The van der Waals surface area contributed by atoms with Gasteiger partial charge in [-0.25, -0.2) is 8.42 Å². The second kappa shape index (κ2) is 5.07. The molecule has 4 nitrogen and oxygen atoms in total. The molecule has 2 N–H and O–H groups in total. The average molecular weight is 327 g/mol. The number of pyridine rings is 1. The maximum atomic E-state index is 12.2. The molecule has 0 atom stereocenters. The van der Waals surface area contributed by atoms with Gasteiger partial charge in [-0.15, -0.1) is 0 Å². The van der Waals surface area contributed by atoms with Gasteiger partial charge >= 0.3 is 0 Å². The van der Waals surface area contributed by atoms with Crippen molar-refractivity contribution >= 4 is 31.5 Å². The van der Waals surface area contributed by atoms with E-state index in [4.69, 9.17) is 5.73 Å². The summed E-state index contributed by atoms with van der Waals surface area (Å²) in [5.74, 6) is -0.104. The molecular weight excluding hydrogens is 316 g/mol. The van der Waals surface area contributed by atoms with Gasteiger partial charge in [-0.3, -0.25) is 4.98 Å². The van der Waals surface area contributed by atoms with Gasteiger partial charge in [-0.05, 0) is 29.8 Å². The molecular formula is C12H11BrN2O2S. The number of aromatic nitrogens is 1. The van der Waals surface area contributed by atoms with Crippen LogP contribution in [0, 0.1) is 0 Å². The van der Waals surface area contributed by atoms with Crippen LogP contribution in [0.15, 0.2) is 52.1 Å². The van der Waals surface area contributed by atoms with E-state index in [9.17, 15) is 8.42 Å². The number of nitrogens with zero attached hydrogens (tertiary/aromatic N) is 1. The van der Waals surface area contributed by atoms with Crippen molar-refractivity contribution < 1.29 is 8.42 Å². The maximum absolute atomic E-state index is 12.2. The number of nitrogens with two attached hydrogens (primary N) is 1. The Morgan fingerprint density at radius 3 is 2.67 bits per heavy atom. The molecule has 0 radical (unpaired) electrons. The van der Waals surface area contributed by atoms with Crippen molar-refractivity contribution in [2.45, 2.75) is 10.6 Å². The summed E-state index contributed by atoms with van der Waals surface area (Å²) < 4.78 is 25.2. The van der Waals surface area contributed by atoms with Crippen molar-refractivity contribution in [3.05, 3.63) is 52.8 Å². The fourth-order valence-electron chi connectivity index (χ4n) is 1.58. The van der Waals surface area contributed by atoms with Crippen LogP contribution in [-0.4, -0.2) is 13.4 Å². The SMILES string of the molecule is Nc1cc(Br)ccc1S(=O)(=O)Cc1cccnc1. The number of sulfone groups is 1. The van der Waals surface area contributed by atoms with E-state index in [1.54, 1.807) is 30.5 Å². The van der Waals surface area contributed by atoms with Crippen LogP contribution in [0.4, 0.5) is 5.69 Å². The highest BCUT2D eigenvalue weighted by Gasteiger charge is 2.18. The van der Waals surface area contributed by atoms with Crippen molar-refractivity contribution in [2.24, 2.45) is 0 Å². The lowest BCUT2D eigenvalue weighted by atomic mass is 10.3. The zero-order valence-electron chi connectivity index (χ0n) is 9.38. The summed E-state index contributed by atoms with van der Waals surface area (Å²) in [6.45, 7) is 0. The third-order valence-electron chi connectivity index (χ3n) is 2.39. The molecule has 1 aromatic carbocycles. The normalized spacial score (nSPS) is 11.4. The number of nitrogen functional groups attached to an aromatic ring is 1. The first-order valence-electron chi connectivity index (χ1n) is 5.16. The van der Waals surface area contributed by atoms with E-state index in [0.29, 0.717) is 5.56 Å². The van der Waals surface area contributed by atoms with Crippen LogP contribution < -0.4 is 5.73 Å². The number of halogens is 1. The molecule has 18 heavy (non-hydrogen) atoms. The molecule has 0 aliphatic heterocycles. The summed E-state index contributed by atoms with van der Waals surface area (Å²) in [5.41, 5.74) is 6.62. The molecule has 0 amide bonds. The van der Waals surface area contributed by atoms with Gasteiger partial charge in [0.25, 0.3) is 0 Å². The molecule has 2 rings (SSSR count). The molecule has 0 bridgehead atoms. The maximum Gasteiger partial charge on any atom is 0.184 e. The minimum absolute atomic E-state index is 0.104. The highest BCUT2D eigenvalue weighted by atomic mass is 79.9. The third-order valence-corrected chi connectivity index (χ3v) is 4.63. The third kappa shape index (κ3) is 2.88. The summed E-state index contributed by atoms with van der Waals surface area (Å²) in [6, 6.07) is 8.17. The summed E-state index contributed by atoms with van der Waals surface area (Å²) in [5, 5.41) is 0. The number of hydrogen-bond acceptors (Lipinski definition) is 4. The van der Waals surface area contributed by atoms with Crippen LogP contribution in [0.5, 0.6) is 0 Å². The van der Waals surface area contributed by atoms with Gasteiger partial charge in [-0.2, -0.15) is 0 Å². The van der Waals surface area contributed by atoms with Gasteiger partial charge in [0.05, 0.1) is 16.3 Å². The minimum atomic E-state index is -3.45. The first-order chi connectivity index (χ1) is 8.49. The van der Waals surface area contributed by atoms with Crippen LogP contribution in [0.25, 0.3) is 0 Å².